The molecule has 2 aromatic rings. The number of hydrogen-bond donors (Lipinski definition) is 1. The predicted octanol–water partition coefficient (Wildman–Crippen LogP) is 3.78. The molecule has 0 aliphatic carbocycles. The number of hydrogen-bond acceptors (Lipinski definition) is 2. The van der Waals surface area contributed by atoms with E-state index in [0.717, 1.165) is 0 Å². The summed E-state index contributed by atoms with van der Waals surface area (Å²) in [5, 5.41) is 0. The highest BCUT2D eigenvalue weighted by Gasteiger charge is 2.16. The molecular formula is C14H12BrF2NO. The van der Waals surface area contributed by atoms with Crippen LogP contribution in [-0.2, 0) is 0 Å². The van der Waals surface area contributed by atoms with Crippen molar-refractivity contribution in [3.05, 3.63) is 63.6 Å². The van der Waals surface area contributed by atoms with Gasteiger partial charge in [-0.25, -0.2) is 8.78 Å². The second kappa shape index (κ2) is 5.67. The molecule has 0 bridgehead atoms. The smallest absolute Gasteiger partial charge is 0.137 e. The van der Waals surface area contributed by atoms with Crippen molar-refractivity contribution in [2.45, 2.75) is 6.04 Å². The molecule has 0 heterocycles. The molecule has 2 aromatic carbocycles. The van der Waals surface area contributed by atoms with Gasteiger partial charge in [-0.3, -0.25) is 0 Å². The molecule has 1 unspecified atom stereocenters. The Balaban J connectivity index is 2.45. The fourth-order valence-corrected chi connectivity index (χ4v) is 2.08. The Morgan fingerprint density at radius 3 is 2.53 bits per heavy atom. The zero-order chi connectivity index (χ0) is 14.0. The van der Waals surface area contributed by atoms with Crippen LogP contribution < -0.4 is 10.5 Å². The number of benzene rings is 2. The van der Waals surface area contributed by atoms with Gasteiger partial charge in [-0.1, -0.05) is 6.07 Å². The molecule has 2 rings (SSSR count). The summed E-state index contributed by atoms with van der Waals surface area (Å²) >= 11 is 3.07. The van der Waals surface area contributed by atoms with Gasteiger partial charge in [-0.05, 0) is 51.8 Å². The maximum Gasteiger partial charge on any atom is 0.137 e. The number of methoxy groups -OCH3 is 1. The Hall–Kier alpha value is -1.46. The molecular weight excluding hydrogens is 316 g/mol. The lowest BCUT2D eigenvalue weighted by Gasteiger charge is -2.16. The van der Waals surface area contributed by atoms with Crippen molar-refractivity contribution in [1.29, 1.82) is 0 Å². The quantitative estimate of drug-likeness (QED) is 0.931. The zero-order valence-corrected chi connectivity index (χ0v) is 11.7. The van der Waals surface area contributed by atoms with E-state index in [4.69, 9.17) is 10.5 Å². The molecule has 19 heavy (non-hydrogen) atoms. The van der Waals surface area contributed by atoms with Crippen LogP contribution in [-0.4, -0.2) is 7.11 Å². The molecule has 100 valence electrons. The molecule has 0 fully saturated rings. The van der Waals surface area contributed by atoms with Gasteiger partial charge in [-0.2, -0.15) is 0 Å². The average Bonchev–Trinajstić information content (AvgIpc) is 2.41. The SMILES string of the molecule is COc1ccc(F)cc1C(N)c1ccc(Br)c(F)c1. The summed E-state index contributed by atoms with van der Waals surface area (Å²) < 4.78 is 32.3. The summed E-state index contributed by atoms with van der Waals surface area (Å²) in [5.41, 5.74) is 7.07. The molecule has 5 heteroatoms. The van der Waals surface area contributed by atoms with Crippen LogP contribution in [0, 0.1) is 11.6 Å². The molecule has 0 spiro atoms. The van der Waals surface area contributed by atoms with Crippen molar-refractivity contribution >= 4 is 15.9 Å². The zero-order valence-electron chi connectivity index (χ0n) is 10.2. The molecule has 0 aromatic heterocycles. The summed E-state index contributed by atoms with van der Waals surface area (Å²) in [6, 6.07) is 7.99. The normalized spacial score (nSPS) is 12.3. The third-order valence-corrected chi connectivity index (χ3v) is 3.47. The Labute approximate surface area is 118 Å². The standard InChI is InChI=1S/C14H12BrF2NO/c1-19-13-5-3-9(16)7-10(13)14(18)8-2-4-11(15)12(17)6-8/h2-7,14H,18H2,1H3. The first-order valence-electron chi connectivity index (χ1n) is 5.57. The van der Waals surface area contributed by atoms with Crippen LogP contribution in [0.25, 0.3) is 0 Å². The second-order valence-electron chi connectivity index (χ2n) is 4.04. The highest BCUT2D eigenvalue weighted by molar-refractivity contribution is 9.10. The molecule has 0 radical (unpaired) electrons. The molecule has 1 atom stereocenters. The van der Waals surface area contributed by atoms with Crippen molar-refractivity contribution < 1.29 is 13.5 Å². The lowest BCUT2D eigenvalue weighted by atomic mass is 9.98. The number of rotatable bonds is 3. The minimum Gasteiger partial charge on any atom is -0.496 e. The maximum atomic E-state index is 13.5. The molecule has 2 nitrogen and oxygen atoms in total. The fraction of sp³-hybridized carbons (Fsp3) is 0.143. The monoisotopic (exact) mass is 327 g/mol. The van der Waals surface area contributed by atoms with Gasteiger partial charge in [-0.15, -0.1) is 0 Å². The van der Waals surface area contributed by atoms with E-state index < -0.39 is 17.7 Å². The Bertz CT molecular complexity index is 604. The van der Waals surface area contributed by atoms with Crippen molar-refractivity contribution in [1.82, 2.24) is 0 Å². The third kappa shape index (κ3) is 2.93. The molecule has 0 saturated heterocycles. The summed E-state index contributed by atoms with van der Waals surface area (Å²) in [7, 11) is 1.48. The molecule has 0 amide bonds. The first kappa shape index (κ1) is 14.0. The van der Waals surface area contributed by atoms with Crippen LogP contribution in [0.3, 0.4) is 0 Å². The van der Waals surface area contributed by atoms with E-state index in [2.05, 4.69) is 15.9 Å². The first-order valence-corrected chi connectivity index (χ1v) is 6.36. The highest BCUT2D eigenvalue weighted by Crippen LogP contribution is 2.30. The van der Waals surface area contributed by atoms with Crippen molar-refractivity contribution in [2.75, 3.05) is 7.11 Å². The van der Waals surface area contributed by atoms with Crippen LogP contribution in [0.1, 0.15) is 17.2 Å². The van der Waals surface area contributed by atoms with Crippen LogP contribution in [0.4, 0.5) is 8.78 Å². The second-order valence-corrected chi connectivity index (χ2v) is 4.89. The lowest BCUT2D eigenvalue weighted by molar-refractivity contribution is 0.406. The lowest BCUT2D eigenvalue weighted by Crippen LogP contribution is -2.13. The number of ether oxygens (including phenoxy) is 1. The topological polar surface area (TPSA) is 35.2 Å². The van der Waals surface area contributed by atoms with Crippen LogP contribution in [0.5, 0.6) is 5.75 Å². The van der Waals surface area contributed by atoms with Crippen molar-refractivity contribution in [3.8, 4) is 5.75 Å². The van der Waals surface area contributed by atoms with Crippen molar-refractivity contribution in [2.24, 2.45) is 5.73 Å². The van der Waals surface area contributed by atoms with Crippen LogP contribution >= 0.6 is 15.9 Å². The van der Waals surface area contributed by atoms with Gasteiger partial charge in [0.1, 0.15) is 17.4 Å². The van der Waals surface area contributed by atoms with E-state index in [1.54, 1.807) is 12.1 Å². The largest absolute Gasteiger partial charge is 0.496 e. The minimum absolute atomic E-state index is 0.356. The van der Waals surface area contributed by atoms with E-state index in [1.807, 2.05) is 0 Å². The molecule has 2 N–H and O–H groups in total. The summed E-state index contributed by atoms with van der Waals surface area (Å²) in [5.74, 6) is -0.357. The predicted molar refractivity (Wildman–Crippen MR) is 73.1 cm³/mol. The Kier molecular flexibility index (Phi) is 4.17. The highest BCUT2D eigenvalue weighted by atomic mass is 79.9. The van der Waals surface area contributed by atoms with E-state index in [1.165, 1.54) is 31.4 Å². The molecule has 0 aliphatic rings. The van der Waals surface area contributed by atoms with Crippen LogP contribution in [0.2, 0.25) is 0 Å². The van der Waals surface area contributed by atoms with Crippen LogP contribution in [0.15, 0.2) is 40.9 Å². The van der Waals surface area contributed by atoms with Gasteiger partial charge < -0.3 is 10.5 Å². The Morgan fingerprint density at radius 1 is 1.16 bits per heavy atom. The van der Waals surface area contributed by atoms with E-state index in [-0.39, 0.29) is 0 Å². The number of nitrogens with two attached hydrogens (primary N) is 1. The first-order chi connectivity index (χ1) is 9.02. The summed E-state index contributed by atoms with van der Waals surface area (Å²) in [6.07, 6.45) is 0. The summed E-state index contributed by atoms with van der Waals surface area (Å²) in [4.78, 5) is 0. The van der Waals surface area contributed by atoms with Gasteiger partial charge in [0.05, 0.1) is 17.6 Å². The number of halogens is 3. The van der Waals surface area contributed by atoms with Gasteiger partial charge in [0.25, 0.3) is 0 Å². The fourth-order valence-electron chi connectivity index (χ4n) is 1.83. The van der Waals surface area contributed by atoms with Gasteiger partial charge in [0, 0.05) is 5.56 Å². The third-order valence-electron chi connectivity index (χ3n) is 2.83. The van der Waals surface area contributed by atoms with E-state index in [9.17, 15) is 8.78 Å². The average molecular weight is 328 g/mol. The molecule has 0 aliphatic heterocycles. The summed E-state index contributed by atoms with van der Waals surface area (Å²) in [6.45, 7) is 0. The molecule has 0 saturated carbocycles. The van der Waals surface area contributed by atoms with Crippen molar-refractivity contribution in [3.63, 3.8) is 0 Å². The maximum absolute atomic E-state index is 13.5. The van der Waals surface area contributed by atoms with Gasteiger partial charge in [0.2, 0.25) is 0 Å². The van der Waals surface area contributed by atoms with Gasteiger partial charge >= 0.3 is 0 Å². The minimum atomic E-state index is -0.659. The van der Waals surface area contributed by atoms with E-state index >= 15 is 0 Å². The Morgan fingerprint density at radius 2 is 1.89 bits per heavy atom. The van der Waals surface area contributed by atoms with E-state index in [0.29, 0.717) is 21.3 Å². The van der Waals surface area contributed by atoms with Gasteiger partial charge in [0.15, 0.2) is 0 Å².